The predicted molar refractivity (Wildman–Crippen MR) is 80.5 cm³/mol. The molecule has 0 bridgehead atoms. The van der Waals surface area contributed by atoms with E-state index in [1.807, 2.05) is 6.07 Å². The van der Waals surface area contributed by atoms with Crippen molar-refractivity contribution in [3.63, 3.8) is 0 Å². The van der Waals surface area contributed by atoms with E-state index in [1.165, 1.54) is 22.0 Å². The molecular formula is C18H16IN. The predicted octanol–water partition coefficient (Wildman–Crippen LogP) is 0.839. The molecular weight excluding hydrogens is 357 g/mol. The number of hydrogen-bond acceptors (Lipinski definition) is 0. The molecule has 0 spiro atoms. The van der Waals surface area contributed by atoms with Crippen LogP contribution in [0.3, 0.4) is 0 Å². The van der Waals surface area contributed by atoms with Crippen LogP contribution in [0.1, 0.15) is 11.3 Å². The Bertz CT molecular complexity index is 742. The lowest BCUT2D eigenvalue weighted by Crippen LogP contribution is -3.00. The maximum Gasteiger partial charge on any atom is 0.204 e. The van der Waals surface area contributed by atoms with Crippen LogP contribution in [0.2, 0.25) is 0 Å². The summed E-state index contributed by atoms with van der Waals surface area (Å²) in [5.74, 6) is 0. The Kier molecular flexibility index (Phi) is 4.90. The van der Waals surface area contributed by atoms with Crippen LogP contribution in [-0.4, -0.2) is 0 Å². The van der Waals surface area contributed by atoms with Crippen LogP contribution in [0.4, 0.5) is 0 Å². The molecule has 3 aromatic rings. The van der Waals surface area contributed by atoms with Gasteiger partial charge in [-0.25, -0.2) is 4.57 Å². The molecule has 1 heterocycles. The normalized spacial score (nSPS) is 10.7. The van der Waals surface area contributed by atoms with Gasteiger partial charge in [-0.05, 0) is 28.5 Å². The van der Waals surface area contributed by atoms with Crippen LogP contribution >= 0.6 is 0 Å². The summed E-state index contributed by atoms with van der Waals surface area (Å²) in [6.45, 7) is 0. The fourth-order valence-electron chi connectivity index (χ4n) is 2.28. The molecule has 0 aliphatic heterocycles. The average Bonchev–Trinajstić information content (AvgIpc) is 2.46. The van der Waals surface area contributed by atoms with Crippen molar-refractivity contribution in [2.75, 3.05) is 0 Å². The Hall–Kier alpha value is -1.68. The molecule has 1 nitrogen and oxygen atoms in total. The summed E-state index contributed by atoms with van der Waals surface area (Å²) in [6, 6.07) is 21.1. The monoisotopic (exact) mass is 373 g/mol. The van der Waals surface area contributed by atoms with Crippen molar-refractivity contribution in [1.82, 2.24) is 0 Å². The molecule has 20 heavy (non-hydrogen) atoms. The number of fused-ring (bicyclic) bond motifs is 1. The summed E-state index contributed by atoms with van der Waals surface area (Å²) in [5.41, 5.74) is 2.44. The second-order valence-electron chi connectivity index (χ2n) is 4.64. The molecule has 2 aromatic carbocycles. The van der Waals surface area contributed by atoms with Crippen molar-refractivity contribution >= 4 is 22.9 Å². The largest absolute Gasteiger partial charge is 1.00 e. The number of aromatic nitrogens is 1. The number of benzene rings is 2. The van der Waals surface area contributed by atoms with Gasteiger partial charge in [-0.3, -0.25) is 0 Å². The molecule has 0 radical (unpaired) electrons. The molecule has 0 fully saturated rings. The first kappa shape index (κ1) is 14.7. The number of pyridine rings is 1. The third-order valence-electron chi connectivity index (χ3n) is 3.35. The van der Waals surface area contributed by atoms with Crippen molar-refractivity contribution < 1.29 is 28.5 Å². The maximum atomic E-state index is 2.18. The van der Waals surface area contributed by atoms with Crippen LogP contribution < -0.4 is 28.5 Å². The first-order valence-corrected chi connectivity index (χ1v) is 6.45. The lowest BCUT2D eigenvalue weighted by Gasteiger charge is -2.01. The smallest absolute Gasteiger partial charge is 0.204 e. The van der Waals surface area contributed by atoms with Gasteiger partial charge in [0.05, 0.1) is 0 Å². The number of aryl methyl sites for hydroxylation is 1. The van der Waals surface area contributed by atoms with Crippen molar-refractivity contribution in [3.8, 4) is 0 Å². The van der Waals surface area contributed by atoms with E-state index in [4.69, 9.17) is 0 Å². The summed E-state index contributed by atoms with van der Waals surface area (Å²) in [6.07, 6.45) is 6.39. The van der Waals surface area contributed by atoms with Crippen molar-refractivity contribution in [2.45, 2.75) is 0 Å². The molecule has 1 aromatic heterocycles. The Balaban J connectivity index is 0.00000147. The highest BCUT2D eigenvalue weighted by atomic mass is 127. The highest BCUT2D eigenvalue weighted by molar-refractivity contribution is 5.92. The van der Waals surface area contributed by atoms with E-state index in [-0.39, 0.29) is 24.0 Å². The lowest BCUT2D eigenvalue weighted by atomic mass is 10.0. The minimum Gasteiger partial charge on any atom is -1.00 e. The third-order valence-corrected chi connectivity index (χ3v) is 3.35. The summed E-state index contributed by atoms with van der Waals surface area (Å²) in [4.78, 5) is 0. The van der Waals surface area contributed by atoms with E-state index in [2.05, 4.69) is 84.6 Å². The molecule has 100 valence electrons. The number of halogens is 1. The Morgan fingerprint density at radius 2 is 1.55 bits per heavy atom. The summed E-state index contributed by atoms with van der Waals surface area (Å²) in [5, 5.41) is 2.57. The topological polar surface area (TPSA) is 3.88 Å². The van der Waals surface area contributed by atoms with Crippen molar-refractivity contribution in [2.24, 2.45) is 7.05 Å². The van der Waals surface area contributed by atoms with Gasteiger partial charge in [0.15, 0.2) is 6.20 Å². The van der Waals surface area contributed by atoms with E-state index >= 15 is 0 Å². The van der Waals surface area contributed by atoms with Gasteiger partial charge in [-0.1, -0.05) is 42.5 Å². The molecule has 2 heteroatoms. The van der Waals surface area contributed by atoms with Gasteiger partial charge < -0.3 is 24.0 Å². The van der Waals surface area contributed by atoms with E-state index in [0.717, 1.165) is 0 Å². The molecule has 0 aliphatic carbocycles. The Morgan fingerprint density at radius 3 is 2.40 bits per heavy atom. The van der Waals surface area contributed by atoms with Crippen molar-refractivity contribution in [1.29, 1.82) is 0 Å². The number of rotatable bonds is 2. The van der Waals surface area contributed by atoms with Gasteiger partial charge >= 0.3 is 0 Å². The van der Waals surface area contributed by atoms with Gasteiger partial charge in [0.25, 0.3) is 0 Å². The number of hydrogen-bond donors (Lipinski definition) is 0. The van der Waals surface area contributed by atoms with Gasteiger partial charge in [0.2, 0.25) is 5.69 Å². The zero-order chi connectivity index (χ0) is 13.1. The molecule has 0 atom stereocenters. The van der Waals surface area contributed by atoms with E-state index in [9.17, 15) is 0 Å². The van der Waals surface area contributed by atoms with Gasteiger partial charge in [-0.15, -0.1) is 0 Å². The fraction of sp³-hybridized carbons (Fsp3) is 0.0556. The second-order valence-corrected chi connectivity index (χ2v) is 4.64. The van der Waals surface area contributed by atoms with Crippen LogP contribution in [-0.2, 0) is 7.05 Å². The fourth-order valence-corrected chi connectivity index (χ4v) is 2.28. The maximum absolute atomic E-state index is 2.18. The summed E-state index contributed by atoms with van der Waals surface area (Å²) in [7, 11) is 2.06. The molecule has 0 unspecified atom stereocenters. The summed E-state index contributed by atoms with van der Waals surface area (Å²) < 4.78 is 2.11. The standard InChI is InChI=1S/C18H16N.HI/c1-19-14-5-4-10-17(19)13-12-16-9-6-8-15-7-2-3-11-18(15)16;/h2-14H,1H3;1H/q+1;/p-1. The molecule has 0 aliphatic rings. The zero-order valence-corrected chi connectivity index (χ0v) is 13.5. The number of nitrogens with zero attached hydrogens (tertiary/aromatic N) is 1. The van der Waals surface area contributed by atoms with E-state index in [1.54, 1.807) is 0 Å². The first-order chi connectivity index (χ1) is 9.34. The van der Waals surface area contributed by atoms with Gasteiger partial charge in [-0.2, -0.15) is 0 Å². The van der Waals surface area contributed by atoms with E-state index in [0.29, 0.717) is 0 Å². The van der Waals surface area contributed by atoms with Crippen LogP contribution in [0.5, 0.6) is 0 Å². The minimum atomic E-state index is 0. The molecule has 0 saturated carbocycles. The highest BCUT2D eigenvalue weighted by Gasteiger charge is 2.00. The van der Waals surface area contributed by atoms with Crippen LogP contribution in [0.25, 0.3) is 22.9 Å². The van der Waals surface area contributed by atoms with Gasteiger partial charge in [0, 0.05) is 18.2 Å². The SMILES string of the molecule is C[n+]1ccccc1C=Cc1cccc2ccccc12.[I-]. The zero-order valence-electron chi connectivity index (χ0n) is 11.3. The van der Waals surface area contributed by atoms with E-state index < -0.39 is 0 Å². The minimum absolute atomic E-state index is 0. The molecule has 3 rings (SSSR count). The highest BCUT2D eigenvalue weighted by Crippen LogP contribution is 2.20. The molecule has 0 amide bonds. The quantitative estimate of drug-likeness (QED) is 0.463. The van der Waals surface area contributed by atoms with Crippen LogP contribution in [0, 0.1) is 0 Å². The Labute approximate surface area is 136 Å². The van der Waals surface area contributed by atoms with Crippen molar-refractivity contribution in [3.05, 3.63) is 78.1 Å². The average molecular weight is 373 g/mol. The van der Waals surface area contributed by atoms with Gasteiger partial charge in [0.1, 0.15) is 7.05 Å². The lowest BCUT2D eigenvalue weighted by molar-refractivity contribution is -0.673. The first-order valence-electron chi connectivity index (χ1n) is 6.45. The molecule has 0 saturated heterocycles. The molecule has 0 N–H and O–H groups in total. The van der Waals surface area contributed by atoms with Crippen LogP contribution in [0.15, 0.2) is 66.9 Å². The Morgan fingerprint density at radius 1 is 0.800 bits per heavy atom. The second kappa shape index (κ2) is 6.66. The summed E-state index contributed by atoms with van der Waals surface area (Å²) >= 11 is 0. The third kappa shape index (κ3) is 3.07.